The van der Waals surface area contributed by atoms with E-state index in [4.69, 9.17) is 0 Å². The first-order valence-corrected chi connectivity index (χ1v) is 9.79. The number of aromatic nitrogens is 2. The summed E-state index contributed by atoms with van der Waals surface area (Å²) in [5.41, 5.74) is 0.651. The Morgan fingerprint density at radius 3 is 2.24 bits per heavy atom. The zero-order chi connectivity index (χ0) is 23.8. The van der Waals surface area contributed by atoms with Crippen molar-refractivity contribution in [2.75, 3.05) is 0 Å². The van der Waals surface area contributed by atoms with E-state index in [1.165, 1.54) is 30.3 Å². The molecule has 1 heterocycles. The fourth-order valence-corrected chi connectivity index (χ4v) is 3.40. The van der Waals surface area contributed by atoms with Gasteiger partial charge in [0.2, 0.25) is 0 Å². The van der Waals surface area contributed by atoms with Crippen LogP contribution in [-0.4, -0.2) is 21.0 Å². The molecular weight excluding hydrogens is 436 g/mol. The Bertz CT molecular complexity index is 1370. The highest BCUT2D eigenvalue weighted by Gasteiger charge is 2.34. The highest BCUT2D eigenvalue weighted by molar-refractivity contribution is 5.91. The fourth-order valence-electron chi connectivity index (χ4n) is 3.40. The Hall–Kier alpha value is -4.07. The van der Waals surface area contributed by atoms with Crippen LogP contribution in [0.2, 0.25) is 0 Å². The smallest absolute Gasteiger partial charge is 0.433 e. The Labute approximate surface area is 186 Å². The van der Waals surface area contributed by atoms with Crippen LogP contribution in [-0.2, 0) is 6.18 Å². The average molecular weight is 452 g/mol. The summed E-state index contributed by atoms with van der Waals surface area (Å²) < 4.78 is 54.9. The molecular formula is C25H16F4N2O2. The molecule has 0 atom stereocenters. The molecule has 0 radical (unpaired) electrons. The largest absolute Gasteiger partial charge is 0.478 e. The van der Waals surface area contributed by atoms with Gasteiger partial charge in [0, 0.05) is 11.1 Å². The molecule has 0 saturated carbocycles. The summed E-state index contributed by atoms with van der Waals surface area (Å²) in [6.45, 7) is 1.67. The number of benzene rings is 3. The lowest BCUT2D eigenvalue weighted by Gasteiger charge is -2.12. The van der Waals surface area contributed by atoms with E-state index in [9.17, 15) is 27.5 Å². The summed E-state index contributed by atoms with van der Waals surface area (Å²) in [5.74, 6) is -2.01. The van der Waals surface area contributed by atoms with Crippen LogP contribution in [0.25, 0.3) is 33.8 Å². The van der Waals surface area contributed by atoms with Crippen LogP contribution in [0, 0.1) is 12.7 Å². The molecule has 0 aliphatic heterocycles. The molecule has 4 aromatic rings. The van der Waals surface area contributed by atoms with E-state index < -0.39 is 23.7 Å². The lowest BCUT2D eigenvalue weighted by atomic mass is 9.98. The molecule has 0 aliphatic carbocycles. The van der Waals surface area contributed by atoms with Crippen LogP contribution in [0.15, 0.2) is 72.8 Å². The lowest BCUT2D eigenvalue weighted by molar-refractivity contribution is -0.141. The van der Waals surface area contributed by atoms with Gasteiger partial charge in [0.1, 0.15) is 11.5 Å². The average Bonchev–Trinajstić information content (AvgIpc) is 2.79. The van der Waals surface area contributed by atoms with Crippen LogP contribution < -0.4 is 0 Å². The van der Waals surface area contributed by atoms with E-state index in [0.29, 0.717) is 22.8 Å². The highest BCUT2D eigenvalue weighted by Crippen LogP contribution is 2.34. The van der Waals surface area contributed by atoms with Crippen LogP contribution in [0.1, 0.15) is 21.6 Å². The molecule has 0 aliphatic rings. The number of nitrogens with zero attached hydrogens (tertiary/aromatic N) is 2. The number of carboxylic acids is 1. The fraction of sp³-hybridized carbons (Fsp3) is 0.0800. The van der Waals surface area contributed by atoms with Crippen LogP contribution >= 0.6 is 0 Å². The number of alkyl halides is 3. The Morgan fingerprint density at radius 2 is 1.55 bits per heavy atom. The van der Waals surface area contributed by atoms with E-state index >= 15 is 0 Å². The van der Waals surface area contributed by atoms with E-state index in [0.717, 1.165) is 6.07 Å². The molecule has 8 heteroatoms. The molecule has 0 unspecified atom stereocenters. The van der Waals surface area contributed by atoms with E-state index in [-0.39, 0.29) is 28.2 Å². The molecule has 1 N–H and O–H groups in total. The van der Waals surface area contributed by atoms with Gasteiger partial charge in [-0.1, -0.05) is 42.5 Å². The topological polar surface area (TPSA) is 63.1 Å². The van der Waals surface area contributed by atoms with Gasteiger partial charge in [0.25, 0.3) is 0 Å². The van der Waals surface area contributed by atoms with Gasteiger partial charge in [-0.25, -0.2) is 19.2 Å². The van der Waals surface area contributed by atoms with Crippen molar-refractivity contribution in [3.8, 4) is 33.8 Å². The number of aromatic carboxylic acids is 1. The summed E-state index contributed by atoms with van der Waals surface area (Å²) in [4.78, 5) is 19.3. The molecule has 0 saturated heterocycles. The van der Waals surface area contributed by atoms with Gasteiger partial charge in [-0.2, -0.15) is 13.2 Å². The third-order valence-electron chi connectivity index (χ3n) is 5.09. The molecule has 4 rings (SSSR count). The van der Waals surface area contributed by atoms with Crippen molar-refractivity contribution in [3.05, 3.63) is 95.4 Å². The zero-order valence-electron chi connectivity index (χ0n) is 17.2. The Morgan fingerprint density at radius 1 is 0.848 bits per heavy atom. The maximum absolute atomic E-state index is 14.3. The minimum absolute atomic E-state index is 0.0764. The minimum Gasteiger partial charge on any atom is -0.478 e. The van der Waals surface area contributed by atoms with Crippen molar-refractivity contribution >= 4 is 5.97 Å². The molecule has 0 bridgehead atoms. The van der Waals surface area contributed by atoms with Gasteiger partial charge >= 0.3 is 12.1 Å². The predicted molar refractivity (Wildman–Crippen MR) is 115 cm³/mol. The summed E-state index contributed by atoms with van der Waals surface area (Å²) >= 11 is 0. The maximum Gasteiger partial charge on any atom is 0.433 e. The first kappa shape index (κ1) is 22.1. The SMILES string of the molecule is Cc1ccc(-c2cccc(-c3nc(-c4ccccc4F)cc(C(F)(F)F)n3)c2)cc1C(=O)O. The second kappa shape index (κ2) is 8.46. The first-order chi connectivity index (χ1) is 15.6. The zero-order valence-corrected chi connectivity index (χ0v) is 17.2. The number of carboxylic acid groups (broad SMARTS) is 1. The second-order valence-electron chi connectivity index (χ2n) is 7.36. The maximum atomic E-state index is 14.3. The van der Waals surface area contributed by atoms with Crippen molar-refractivity contribution in [2.24, 2.45) is 0 Å². The third kappa shape index (κ3) is 4.59. The second-order valence-corrected chi connectivity index (χ2v) is 7.36. The Balaban J connectivity index is 1.86. The minimum atomic E-state index is -4.76. The van der Waals surface area contributed by atoms with Crippen molar-refractivity contribution < 1.29 is 27.5 Å². The molecule has 1 aromatic heterocycles. The van der Waals surface area contributed by atoms with Crippen LogP contribution in [0.4, 0.5) is 17.6 Å². The van der Waals surface area contributed by atoms with E-state index in [2.05, 4.69) is 9.97 Å². The number of hydrogen-bond donors (Lipinski definition) is 1. The molecule has 4 nitrogen and oxygen atoms in total. The summed E-state index contributed by atoms with van der Waals surface area (Å²) in [7, 11) is 0. The molecule has 33 heavy (non-hydrogen) atoms. The van der Waals surface area contributed by atoms with E-state index in [1.54, 1.807) is 37.3 Å². The first-order valence-electron chi connectivity index (χ1n) is 9.79. The standard InChI is InChI=1S/C25H16F4N2O2/c1-14-9-10-16(12-19(14)24(32)33)15-5-4-6-17(11-15)23-30-21(13-22(31-23)25(27,28)29)18-7-2-3-8-20(18)26/h2-13H,1H3,(H,32,33). The number of aryl methyl sites for hydroxylation is 1. The summed E-state index contributed by atoms with van der Waals surface area (Å²) in [5, 5.41) is 9.38. The summed E-state index contributed by atoms with van der Waals surface area (Å²) in [6, 6.07) is 17.4. The molecule has 0 spiro atoms. The number of halogens is 4. The van der Waals surface area contributed by atoms with Crippen LogP contribution in [0.3, 0.4) is 0 Å². The van der Waals surface area contributed by atoms with Crippen molar-refractivity contribution in [1.29, 1.82) is 0 Å². The summed E-state index contributed by atoms with van der Waals surface area (Å²) in [6.07, 6.45) is -4.76. The molecule has 3 aromatic carbocycles. The Kier molecular flexibility index (Phi) is 5.68. The third-order valence-corrected chi connectivity index (χ3v) is 5.09. The highest BCUT2D eigenvalue weighted by atomic mass is 19.4. The van der Waals surface area contributed by atoms with Crippen LogP contribution in [0.5, 0.6) is 0 Å². The van der Waals surface area contributed by atoms with Gasteiger partial charge < -0.3 is 5.11 Å². The van der Waals surface area contributed by atoms with Gasteiger partial charge in [-0.15, -0.1) is 0 Å². The van der Waals surface area contributed by atoms with Gasteiger partial charge in [-0.3, -0.25) is 0 Å². The number of rotatable bonds is 4. The molecule has 0 fully saturated rings. The molecule has 166 valence electrons. The monoisotopic (exact) mass is 452 g/mol. The van der Waals surface area contributed by atoms with Gasteiger partial charge in [0.15, 0.2) is 5.82 Å². The quantitative estimate of drug-likeness (QED) is 0.353. The van der Waals surface area contributed by atoms with Crippen molar-refractivity contribution in [2.45, 2.75) is 13.1 Å². The van der Waals surface area contributed by atoms with E-state index in [1.807, 2.05) is 0 Å². The number of carbonyl (C=O) groups is 1. The lowest BCUT2D eigenvalue weighted by Crippen LogP contribution is -2.10. The predicted octanol–water partition coefficient (Wildman–Crippen LogP) is 6.64. The van der Waals surface area contributed by atoms with Crippen molar-refractivity contribution in [1.82, 2.24) is 9.97 Å². The normalized spacial score (nSPS) is 11.4. The van der Waals surface area contributed by atoms with Crippen molar-refractivity contribution in [3.63, 3.8) is 0 Å². The number of hydrogen-bond acceptors (Lipinski definition) is 3. The molecule has 0 amide bonds. The van der Waals surface area contributed by atoms with Gasteiger partial charge in [0.05, 0.1) is 11.3 Å². The van der Waals surface area contributed by atoms with Gasteiger partial charge in [-0.05, 0) is 53.9 Å².